The predicted molar refractivity (Wildman–Crippen MR) is 123 cm³/mol. The van der Waals surface area contributed by atoms with E-state index in [1.807, 2.05) is 5.32 Å². The third-order valence-electron chi connectivity index (χ3n) is 6.34. The molecule has 0 unspecified atom stereocenters. The standard InChI is InChI=1S/C22H18B2F6N2O7/c1-23-15-4-9(2-13(21(25,26)27)11(15)7-38-23)18(33)31-6-17(20(35)36)32-19(34)10-3-14(22(28,29)30)12-8-39-24(37)16(12)5-10/h2-5,17,37H,6-8H2,1H3,(H,31,33)(H,32,34)(H,35,36)/t17-/m0/s1. The summed E-state index contributed by atoms with van der Waals surface area (Å²) in [4.78, 5) is 37.0. The molecule has 2 amide bonds. The normalized spacial score (nSPS) is 15.6. The molecule has 2 aromatic carbocycles. The first-order valence-corrected chi connectivity index (χ1v) is 11.3. The summed E-state index contributed by atoms with van der Waals surface area (Å²) in [5.41, 5.74) is -4.07. The van der Waals surface area contributed by atoms with Gasteiger partial charge in [0, 0.05) is 17.7 Å². The molecule has 0 radical (unpaired) electrons. The van der Waals surface area contributed by atoms with Crippen molar-refractivity contribution in [2.24, 2.45) is 0 Å². The van der Waals surface area contributed by atoms with Crippen LogP contribution in [0.25, 0.3) is 0 Å². The molecule has 2 aliphatic rings. The molecule has 39 heavy (non-hydrogen) atoms. The molecule has 4 N–H and O–H groups in total. The van der Waals surface area contributed by atoms with Gasteiger partial charge >= 0.3 is 32.4 Å². The van der Waals surface area contributed by atoms with Crippen LogP contribution in [-0.4, -0.2) is 54.5 Å². The maximum Gasteiger partial charge on any atom is 0.491 e. The summed E-state index contributed by atoms with van der Waals surface area (Å²) in [6.07, 6.45) is -9.71. The summed E-state index contributed by atoms with van der Waals surface area (Å²) in [7, 11) is -1.73. The largest absolute Gasteiger partial charge is 0.491 e. The minimum atomic E-state index is -4.92. The van der Waals surface area contributed by atoms with E-state index in [-0.39, 0.29) is 28.7 Å². The van der Waals surface area contributed by atoms with E-state index in [0.29, 0.717) is 12.1 Å². The van der Waals surface area contributed by atoms with Gasteiger partial charge in [-0.3, -0.25) is 9.59 Å². The van der Waals surface area contributed by atoms with Gasteiger partial charge in [0.2, 0.25) is 0 Å². The van der Waals surface area contributed by atoms with E-state index in [1.165, 1.54) is 12.9 Å². The van der Waals surface area contributed by atoms with Gasteiger partial charge < -0.3 is 30.1 Å². The zero-order valence-corrected chi connectivity index (χ0v) is 19.9. The Kier molecular flexibility index (Phi) is 7.44. The van der Waals surface area contributed by atoms with Crippen LogP contribution in [0.4, 0.5) is 26.3 Å². The fraction of sp³-hybridized carbons (Fsp3) is 0.318. The number of alkyl halides is 6. The molecule has 0 aromatic heterocycles. The second-order valence-corrected chi connectivity index (χ2v) is 8.87. The maximum atomic E-state index is 13.5. The lowest BCUT2D eigenvalue weighted by Crippen LogP contribution is -2.48. The van der Waals surface area contributed by atoms with Crippen molar-refractivity contribution in [1.82, 2.24) is 10.6 Å². The van der Waals surface area contributed by atoms with E-state index in [1.54, 1.807) is 0 Å². The summed E-state index contributed by atoms with van der Waals surface area (Å²) in [5, 5.41) is 23.4. The monoisotopic (exact) mass is 558 g/mol. The fourth-order valence-corrected chi connectivity index (χ4v) is 4.35. The van der Waals surface area contributed by atoms with Crippen LogP contribution in [0.15, 0.2) is 24.3 Å². The van der Waals surface area contributed by atoms with E-state index < -0.39 is 85.6 Å². The summed E-state index contributed by atoms with van der Waals surface area (Å²) in [5.74, 6) is -4.04. The molecule has 0 fully saturated rings. The van der Waals surface area contributed by atoms with Crippen LogP contribution >= 0.6 is 0 Å². The molecule has 206 valence electrons. The molecule has 2 aliphatic heterocycles. The lowest BCUT2D eigenvalue weighted by Gasteiger charge is -2.18. The van der Waals surface area contributed by atoms with Gasteiger partial charge in [0.05, 0.1) is 24.3 Å². The number of carboxylic acids is 1. The SMILES string of the molecule is CB1OCc2c1cc(C(=O)NC[C@H](NC(=O)c1cc3c(c(C(F)(F)F)c1)COB3O)C(=O)O)cc2C(F)(F)F. The Balaban J connectivity index is 1.53. The molecule has 0 saturated carbocycles. The summed E-state index contributed by atoms with van der Waals surface area (Å²) in [6.45, 7) is -0.897. The highest BCUT2D eigenvalue weighted by molar-refractivity contribution is 6.67. The molecular weight excluding hydrogens is 540 g/mol. The van der Waals surface area contributed by atoms with Gasteiger partial charge in [-0.1, -0.05) is 12.9 Å². The van der Waals surface area contributed by atoms with Crippen LogP contribution in [-0.2, 0) is 39.7 Å². The number of aliphatic carboxylic acids is 1. The fourth-order valence-electron chi connectivity index (χ4n) is 4.35. The van der Waals surface area contributed by atoms with Crippen LogP contribution in [0.5, 0.6) is 0 Å². The Morgan fingerprint density at radius 1 is 0.897 bits per heavy atom. The second kappa shape index (κ2) is 10.2. The second-order valence-electron chi connectivity index (χ2n) is 8.87. The highest BCUT2D eigenvalue weighted by Crippen LogP contribution is 2.35. The van der Waals surface area contributed by atoms with E-state index in [9.17, 15) is 50.9 Å². The summed E-state index contributed by atoms with van der Waals surface area (Å²) < 4.78 is 91.1. The lowest BCUT2D eigenvalue weighted by atomic mass is 9.63. The number of carbonyl (C=O) groups is 3. The molecule has 0 saturated heterocycles. The molecule has 0 spiro atoms. The Bertz CT molecular complexity index is 1350. The minimum absolute atomic E-state index is 0.120. The summed E-state index contributed by atoms with van der Waals surface area (Å²) >= 11 is 0. The Hall–Kier alpha value is -3.56. The predicted octanol–water partition coefficient (Wildman–Crippen LogP) is 0.913. The maximum absolute atomic E-state index is 13.5. The average molecular weight is 558 g/mol. The quantitative estimate of drug-likeness (QED) is 0.306. The Morgan fingerprint density at radius 2 is 1.41 bits per heavy atom. The van der Waals surface area contributed by atoms with E-state index in [4.69, 9.17) is 9.31 Å². The lowest BCUT2D eigenvalue weighted by molar-refractivity contribution is -0.139. The number of hydrogen-bond donors (Lipinski definition) is 4. The van der Waals surface area contributed by atoms with Crippen molar-refractivity contribution in [3.8, 4) is 0 Å². The number of hydrogen-bond acceptors (Lipinski definition) is 6. The molecule has 2 aromatic rings. The van der Waals surface area contributed by atoms with Crippen molar-refractivity contribution < 1.29 is 60.2 Å². The molecule has 0 aliphatic carbocycles. The van der Waals surface area contributed by atoms with Crippen molar-refractivity contribution in [3.05, 3.63) is 57.6 Å². The van der Waals surface area contributed by atoms with E-state index >= 15 is 0 Å². The third-order valence-corrected chi connectivity index (χ3v) is 6.34. The number of amides is 2. The van der Waals surface area contributed by atoms with Crippen LogP contribution in [0.1, 0.15) is 43.0 Å². The molecule has 2 heterocycles. The molecule has 4 rings (SSSR count). The van der Waals surface area contributed by atoms with Crippen LogP contribution < -0.4 is 21.6 Å². The van der Waals surface area contributed by atoms with Crippen molar-refractivity contribution in [3.63, 3.8) is 0 Å². The average Bonchev–Trinajstić information content (AvgIpc) is 3.41. The molecule has 0 bridgehead atoms. The molecule has 17 heteroatoms. The van der Waals surface area contributed by atoms with E-state index in [2.05, 4.69) is 5.32 Å². The smallest absolute Gasteiger partial charge is 0.480 e. The van der Waals surface area contributed by atoms with Gasteiger partial charge in [-0.2, -0.15) is 26.3 Å². The zero-order chi connectivity index (χ0) is 28.9. The number of nitrogens with one attached hydrogen (secondary N) is 2. The van der Waals surface area contributed by atoms with Crippen LogP contribution in [0.3, 0.4) is 0 Å². The van der Waals surface area contributed by atoms with Crippen molar-refractivity contribution in [2.45, 2.75) is 38.4 Å². The van der Waals surface area contributed by atoms with Gasteiger partial charge in [-0.15, -0.1) is 0 Å². The molecular formula is C22H18B2F6N2O7. The number of rotatable bonds is 6. The molecule has 1 atom stereocenters. The molecule has 9 nitrogen and oxygen atoms in total. The number of halogens is 6. The van der Waals surface area contributed by atoms with Gasteiger partial charge in [0.15, 0.2) is 0 Å². The first-order valence-electron chi connectivity index (χ1n) is 11.3. The number of benzene rings is 2. The minimum Gasteiger partial charge on any atom is -0.480 e. The van der Waals surface area contributed by atoms with Crippen molar-refractivity contribution >= 4 is 42.7 Å². The van der Waals surface area contributed by atoms with Crippen molar-refractivity contribution in [2.75, 3.05) is 6.54 Å². The van der Waals surface area contributed by atoms with E-state index in [0.717, 1.165) is 6.07 Å². The number of carbonyl (C=O) groups excluding carboxylic acids is 2. The van der Waals surface area contributed by atoms with Gasteiger partial charge in [-0.05, 0) is 40.3 Å². The van der Waals surface area contributed by atoms with Crippen LogP contribution in [0, 0.1) is 0 Å². The van der Waals surface area contributed by atoms with Crippen molar-refractivity contribution in [1.29, 1.82) is 0 Å². The topological polar surface area (TPSA) is 134 Å². The Morgan fingerprint density at radius 3 is 1.97 bits per heavy atom. The number of carboxylic acid groups (broad SMARTS) is 1. The van der Waals surface area contributed by atoms with Gasteiger partial charge in [0.1, 0.15) is 6.04 Å². The Labute approximate surface area is 216 Å². The van der Waals surface area contributed by atoms with Gasteiger partial charge in [-0.25, -0.2) is 4.79 Å². The third kappa shape index (κ3) is 5.74. The first-order chi connectivity index (χ1) is 18.1. The first kappa shape index (κ1) is 28.4. The van der Waals surface area contributed by atoms with Crippen LogP contribution in [0.2, 0.25) is 6.82 Å². The number of fused-ring (bicyclic) bond motifs is 2. The highest BCUT2D eigenvalue weighted by atomic mass is 19.4. The highest BCUT2D eigenvalue weighted by Gasteiger charge is 2.41. The summed E-state index contributed by atoms with van der Waals surface area (Å²) in [6, 6.07) is 1.30. The van der Waals surface area contributed by atoms with Gasteiger partial charge in [0.25, 0.3) is 11.8 Å². The zero-order valence-electron chi connectivity index (χ0n) is 19.9.